The van der Waals surface area contributed by atoms with Crippen LogP contribution in [0.15, 0.2) is 54.6 Å². The molecule has 0 radical (unpaired) electrons. The maximum atomic E-state index is 12.5. The van der Waals surface area contributed by atoms with Gasteiger partial charge in [-0.3, -0.25) is 9.59 Å². The molecule has 2 atom stereocenters. The lowest BCUT2D eigenvalue weighted by Gasteiger charge is -2.20. The lowest BCUT2D eigenvalue weighted by Crippen LogP contribution is -2.38. The zero-order valence-corrected chi connectivity index (χ0v) is 13.3. The summed E-state index contributed by atoms with van der Waals surface area (Å²) in [5.41, 5.74) is 1.42. The molecule has 6 heteroatoms. The van der Waals surface area contributed by atoms with E-state index in [4.69, 9.17) is 9.57 Å². The summed E-state index contributed by atoms with van der Waals surface area (Å²) in [5.74, 6) is -2.17. The Balaban J connectivity index is 1.53. The van der Waals surface area contributed by atoms with Gasteiger partial charge in [0.1, 0.15) is 0 Å². The molecular formula is C19H15NO5. The monoisotopic (exact) mass is 337 g/mol. The fraction of sp³-hybridized carbons (Fsp3) is 0.211. The molecule has 2 heterocycles. The van der Waals surface area contributed by atoms with Gasteiger partial charge in [-0.25, -0.2) is 4.79 Å². The van der Waals surface area contributed by atoms with Gasteiger partial charge in [-0.05, 0) is 24.1 Å². The van der Waals surface area contributed by atoms with E-state index < -0.39 is 23.9 Å². The number of ether oxygens (including phenoxy) is 1. The number of carbonyl (C=O) groups is 3. The average Bonchev–Trinajstić information content (AvgIpc) is 3.23. The predicted octanol–water partition coefficient (Wildman–Crippen LogP) is 2.31. The fourth-order valence-electron chi connectivity index (χ4n) is 3.26. The van der Waals surface area contributed by atoms with E-state index in [0.29, 0.717) is 18.1 Å². The molecule has 0 bridgehead atoms. The number of hydrogen-bond donors (Lipinski definition) is 0. The molecule has 0 unspecified atom stereocenters. The van der Waals surface area contributed by atoms with E-state index >= 15 is 0 Å². The first-order chi connectivity index (χ1) is 12.2. The summed E-state index contributed by atoms with van der Waals surface area (Å²) in [7, 11) is 0. The Morgan fingerprint density at radius 2 is 1.56 bits per heavy atom. The van der Waals surface area contributed by atoms with Crippen LogP contribution in [0.2, 0.25) is 0 Å². The number of benzene rings is 2. The fourth-order valence-corrected chi connectivity index (χ4v) is 3.26. The first-order valence-corrected chi connectivity index (χ1v) is 8.03. The van der Waals surface area contributed by atoms with Crippen LogP contribution >= 0.6 is 0 Å². The number of fused-ring (bicyclic) bond motifs is 1. The Bertz CT molecular complexity index is 813. The summed E-state index contributed by atoms with van der Waals surface area (Å²) in [4.78, 5) is 42.3. The molecule has 25 heavy (non-hydrogen) atoms. The molecule has 2 aromatic carbocycles. The maximum Gasteiger partial charge on any atom is 0.362 e. The standard InChI is InChI=1S/C19H15NO5/c21-17-14-8-4-5-9-15(14)18(22)20(17)25-19(23)16-13(10-11-24-16)12-6-2-1-3-7-12/h1-9,13,16H,10-11H2/t13-,16-/m0/s1. The van der Waals surface area contributed by atoms with Crippen LogP contribution in [0.4, 0.5) is 0 Å². The number of hydroxylamine groups is 2. The van der Waals surface area contributed by atoms with E-state index in [2.05, 4.69) is 0 Å². The molecular weight excluding hydrogens is 322 g/mol. The van der Waals surface area contributed by atoms with E-state index in [1.165, 1.54) is 12.1 Å². The smallest absolute Gasteiger partial charge is 0.362 e. The first kappa shape index (κ1) is 15.5. The van der Waals surface area contributed by atoms with Crippen molar-refractivity contribution in [1.29, 1.82) is 0 Å². The molecule has 1 fully saturated rings. The highest BCUT2D eigenvalue weighted by molar-refractivity contribution is 6.20. The maximum absolute atomic E-state index is 12.5. The van der Waals surface area contributed by atoms with Crippen molar-refractivity contribution < 1.29 is 24.0 Å². The Morgan fingerprint density at radius 1 is 0.960 bits per heavy atom. The third-order valence-corrected chi connectivity index (χ3v) is 4.49. The Kier molecular flexibility index (Phi) is 3.82. The van der Waals surface area contributed by atoms with E-state index in [1.54, 1.807) is 12.1 Å². The van der Waals surface area contributed by atoms with Gasteiger partial charge in [0.25, 0.3) is 11.8 Å². The molecule has 2 amide bonds. The van der Waals surface area contributed by atoms with Crippen molar-refractivity contribution in [3.05, 3.63) is 71.3 Å². The van der Waals surface area contributed by atoms with Gasteiger partial charge < -0.3 is 9.57 Å². The first-order valence-electron chi connectivity index (χ1n) is 8.03. The van der Waals surface area contributed by atoms with E-state index in [1.807, 2.05) is 30.3 Å². The molecule has 126 valence electrons. The minimum absolute atomic E-state index is 0.163. The molecule has 0 spiro atoms. The SMILES string of the molecule is O=C(ON1C(=O)c2ccccc2C1=O)[C@H]1OCC[C@H]1c1ccccc1. The van der Waals surface area contributed by atoms with Crippen LogP contribution in [-0.4, -0.2) is 35.6 Å². The van der Waals surface area contributed by atoms with Gasteiger partial charge in [0.15, 0.2) is 6.10 Å². The molecule has 0 N–H and O–H groups in total. The molecule has 0 aromatic heterocycles. The molecule has 6 nitrogen and oxygen atoms in total. The van der Waals surface area contributed by atoms with E-state index in [9.17, 15) is 14.4 Å². The van der Waals surface area contributed by atoms with Gasteiger partial charge in [-0.1, -0.05) is 47.5 Å². The van der Waals surface area contributed by atoms with Crippen molar-refractivity contribution in [3.63, 3.8) is 0 Å². The number of carbonyl (C=O) groups excluding carboxylic acids is 3. The summed E-state index contributed by atoms with van der Waals surface area (Å²) < 4.78 is 5.52. The summed E-state index contributed by atoms with van der Waals surface area (Å²) >= 11 is 0. The Hall–Kier alpha value is -2.99. The van der Waals surface area contributed by atoms with Crippen LogP contribution < -0.4 is 0 Å². The van der Waals surface area contributed by atoms with Crippen LogP contribution in [0, 0.1) is 0 Å². The second-order valence-corrected chi connectivity index (χ2v) is 5.96. The summed E-state index contributed by atoms with van der Waals surface area (Å²) in [6.07, 6.45) is -0.168. The van der Waals surface area contributed by atoms with Gasteiger partial charge in [0.05, 0.1) is 11.1 Å². The second-order valence-electron chi connectivity index (χ2n) is 5.96. The van der Waals surface area contributed by atoms with Crippen molar-refractivity contribution in [2.24, 2.45) is 0 Å². The molecule has 2 aromatic rings. The number of nitrogens with zero attached hydrogens (tertiary/aromatic N) is 1. The third-order valence-electron chi connectivity index (χ3n) is 4.49. The minimum atomic E-state index is -0.841. The summed E-state index contributed by atoms with van der Waals surface area (Å²) in [5, 5.41) is 0.525. The summed E-state index contributed by atoms with van der Waals surface area (Å²) in [6, 6.07) is 15.9. The highest BCUT2D eigenvalue weighted by Gasteiger charge is 2.43. The topological polar surface area (TPSA) is 72.9 Å². The van der Waals surface area contributed by atoms with Crippen LogP contribution in [0.1, 0.15) is 38.6 Å². The molecule has 0 saturated carbocycles. The normalized spacial score (nSPS) is 22.2. The van der Waals surface area contributed by atoms with Crippen molar-refractivity contribution >= 4 is 17.8 Å². The van der Waals surface area contributed by atoms with Crippen LogP contribution in [0.5, 0.6) is 0 Å². The molecule has 4 rings (SSSR count). The van der Waals surface area contributed by atoms with Crippen molar-refractivity contribution in [1.82, 2.24) is 5.06 Å². The molecule has 2 aliphatic heterocycles. The third kappa shape index (κ3) is 2.60. The molecule has 2 aliphatic rings. The largest absolute Gasteiger partial charge is 0.366 e. The summed E-state index contributed by atoms with van der Waals surface area (Å²) in [6.45, 7) is 0.418. The number of hydrogen-bond acceptors (Lipinski definition) is 5. The van der Waals surface area contributed by atoms with Gasteiger partial charge in [0.2, 0.25) is 0 Å². The van der Waals surface area contributed by atoms with Crippen molar-refractivity contribution in [2.45, 2.75) is 18.4 Å². The number of rotatable bonds is 3. The molecule has 0 aliphatic carbocycles. The average molecular weight is 337 g/mol. The van der Waals surface area contributed by atoms with Gasteiger partial charge in [-0.15, -0.1) is 0 Å². The van der Waals surface area contributed by atoms with Crippen LogP contribution in [0.25, 0.3) is 0 Å². The Morgan fingerprint density at radius 3 is 2.20 bits per heavy atom. The highest BCUT2D eigenvalue weighted by atomic mass is 16.7. The predicted molar refractivity (Wildman–Crippen MR) is 86.6 cm³/mol. The Labute approximate surface area is 143 Å². The lowest BCUT2D eigenvalue weighted by molar-refractivity contribution is -0.179. The van der Waals surface area contributed by atoms with E-state index in [-0.39, 0.29) is 17.0 Å². The lowest BCUT2D eigenvalue weighted by atomic mass is 9.93. The zero-order valence-electron chi connectivity index (χ0n) is 13.3. The van der Waals surface area contributed by atoms with Gasteiger partial charge in [-0.2, -0.15) is 0 Å². The van der Waals surface area contributed by atoms with Crippen LogP contribution in [0.3, 0.4) is 0 Å². The molecule has 1 saturated heterocycles. The van der Waals surface area contributed by atoms with E-state index in [0.717, 1.165) is 5.56 Å². The quantitative estimate of drug-likeness (QED) is 0.804. The highest BCUT2D eigenvalue weighted by Crippen LogP contribution is 2.33. The van der Waals surface area contributed by atoms with Crippen molar-refractivity contribution in [2.75, 3.05) is 6.61 Å². The van der Waals surface area contributed by atoms with Gasteiger partial charge >= 0.3 is 5.97 Å². The van der Waals surface area contributed by atoms with Crippen molar-refractivity contribution in [3.8, 4) is 0 Å². The minimum Gasteiger partial charge on any atom is -0.366 e. The van der Waals surface area contributed by atoms with Crippen LogP contribution in [-0.2, 0) is 14.4 Å². The second kappa shape index (κ2) is 6.14. The number of amides is 2. The van der Waals surface area contributed by atoms with Gasteiger partial charge in [0, 0.05) is 12.5 Å². The number of imide groups is 1. The zero-order chi connectivity index (χ0) is 17.4.